The Kier molecular flexibility index (Phi) is 5.01. The molecule has 0 unspecified atom stereocenters. The van der Waals surface area contributed by atoms with Gasteiger partial charge in [0.2, 0.25) is 0 Å². The highest BCUT2D eigenvalue weighted by molar-refractivity contribution is 5.27. The van der Waals surface area contributed by atoms with Crippen LogP contribution in [0.5, 0.6) is 5.75 Å². The minimum absolute atomic E-state index is 0.0229. The van der Waals surface area contributed by atoms with Crippen molar-refractivity contribution in [3.8, 4) is 5.75 Å². The highest BCUT2D eigenvalue weighted by Crippen LogP contribution is 2.32. The quantitative estimate of drug-likeness (QED) is 0.908. The standard InChI is InChI=1S/C18H27NO3/c1-14(2)22-17-5-3-15(4-6-17)12-19-16-7-9-21-18(11-16)8-10-20-13-18/h3-6,14,16,19H,7-13H2,1-2H3/t16-,18-/m1/s1. The number of hydrogen-bond donors (Lipinski definition) is 1. The van der Waals surface area contributed by atoms with Gasteiger partial charge in [0, 0.05) is 32.2 Å². The molecule has 2 saturated heterocycles. The Labute approximate surface area is 133 Å². The molecule has 0 saturated carbocycles. The summed E-state index contributed by atoms with van der Waals surface area (Å²) in [6.45, 7) is 7.41. The molecule has 1 spiro atoms. The van der Waals surface area contributed by atoms with Crippen molar-refractivity contribution < 1.29 is 14.2 Å². The molecule has 0 aromatic heterocycles. The van der Waals surface area contributed by atoms with Crippen LogP contribution in [0, 0.1) is 0 Å². The molecule has 2 aliphatic heterocycles. The van der Waals surface area contributed by atoms with Gasteiger partial charge in [0.25, 0.3) is 0 Å². The molecule has 0 amide bonds. The molecular formula is C18H27NO3. The van der Waals surface area contributed by atoms with Gasteiger partial charge in [-0.3, -0.25) is 0 Å². The van der Waals surface area contributed by atoms with Gasteiger partial charge in [-0.2, -0.15) is 0 Å². The zero-order chi connectivity index (χ0) is 15.4. The molecule has 0 radical (unpaired) electrons. The van der Waals surface area contributed by atoms with Crippen LogP contribution < -0.4 is 10.1 Å². The maximum Gasteiger partial charge on any atom is 0.119 e. The van der Waals surface area contributed by atoms with E-state index in [0.717, 1.165) is 51.4 Å². The van der Waals surface area contributed by atoms with E-state index < -0.39 is 0 Å². The Morgan fingerprint density at radius 1 is 1.27 bits per heavy atom. The van der Waals surface area contributed by atoms with Crippen LogP contribution in [-0.4, -0.2) is 37.6 Å². The van der Waals surface area contributed by atoms with Crippen LogP contribution in [0.3, 0.4) is 0 Å². The zero-order valence-electron chi connectivity index (χ0n) is 13.6. The number of hydrogen-bond acceptors (Lipinski definition) is 4. The second-order valence-electron chi connectivity index (χ2n) is 6.72. The van der Waals surface area contributed by atoms with Crippen molar-refractivity contribution in [2.45, 2.75) is 57.4 Å². The molecule has 1 N–H and O–H groups in total. The minimum atomic E-state index is -0.0229. The lowest BCUT2D eigenvalue weighted by Crippen LogP contribution is -2.47. The van der Waals surface area contributed by atoms with Crippen molar-refractivity contribution >= 4 is 0 Å². The Hall–Kier alpha value is -1.10. The molecule has 22 heavy (non-hydrogen) atoms. The van der Waals surface area contributed by atoms with Crippen LogP contribution in [0.25, 0.3) is 0 Å². The van der Waals surface area contributed by atoms with E-state index in [1.165, 1.54) is 5.56 Å². The topological polar surface area (TPSA) is 39.7 Å². The molecule has 122 valence electrons. The van der Waals surface area contributed by atoms with Gasteiger partial charge >= 0.3 is 0 Å². The Balaban J connectivity index is 1.49. The fourth-order valence-corrected chi connectivity index (χ4v) is 3.29. The molecule has 1 aromatic carbocycles. The number of rotatable bonds is 5. The molecule has 3 rings (SSSR count). The number of ether oxygens (including phenoxy) is 3. The Morgan fingerprint density at radius 2 is 2.09 bits per heavy atom. The molecule has 4 nitrogen and oxygen atoms in total. The van der Waals surface area contributed by atoms with E-state index >= 15 is 0 Å². The third-order valence-corrected chi connectivity index (χ3v) is 4.45. The second-order valence-corrected chi connectivity index (χ2v) is 6.72. The molecule has 0 aliphatic carbocycles. The van der Waals surface area contributed by atoms with Gasteiger partial charge in [0.15, 0.2) is 0 Å². The monoisotopic (exact) mass is 305 g/mol. The fourth-order valence-electron chi connectivity index (χ4n) is 3.29. The van der Waals surface area contributed by atoms with E-state index in [9.17, 15) is 0 Å². The second kappa shape index (κ2) is 6.99. The average molecular weight is 305 g/mol. The number of benzene rings is 1. The van der Waals surface area contributed by atoms with Gasteiger partial charge in [-0.25, -0.2) is 0 Å². The van der Waals surface area contributed by atoms with Crippen molar-refractivity contribution in [3.05, 3.63) is 29.8 Å². The predicted octanol–water partition coefficient (Wildman–Crippen LogP) is 2.90. The van der Waals surface area contributed by atoms with E-state index in [1.54, 1.807) is 0 Å². The van der Waals surface area contributed by atoms with E-state index in [4.69, 9.17) is 14.2 Å². The summed E-state index contributed by atoms with van der Waals surface area (Å²) in [7, 11) is 0. The molecule has 2 atom stereocenters. The third kappa shape index (κ3) is 4.00. The van der Waals surface area contributed by atoms with Crippen LogP contribution in [0.1, 0.15) is 38.7 Å². The first kappa shape index (κ1) is 15.8. The summed E-state index contributed by atoms with van der Waals surface area (Å²) in [6, 6.07) is 8.89. The molecule has 4 heteroatoms. The molecule has 0 bridgehead atoms. The summed E-state index contributed by atoms with van der Waals surface area (Å²) in [4.78, 5) is 0. The summed E-state index contributed by atoms with van der Waals surface area (Å²) in [5.41, 5.74) is 1.27. The van der Waals surface area contributed by atoms with Crippen LogP contribution in [-0.2, 0) is 16.0 Å². The molecule has 1 aromatic rings. The first-order chi connectivity index (χ1) is 10.7. The van der Waals surface area contributed by atoms with Crippen molar-refractivity contribution in [1.29, 1.82) is 0 Å². The van der Waals surface area contributed by atoms with Crippen molar-refractivity contribution in [3.63, 3.8) is 0 Å². The van der Waals surface area contributed by atoms with Crippen molar-refractivity contribution in [2.24, 2.45) is 0 Å². The van der Waals surface area contributed by atoms with Crippen LogP contribution in [0.2, 0.25) is 0 Å². The maximum absolute atomic E-state index is 5.98. The predicted molar refractivity (Wildman–Crippen MR) is 86.2 cm³/mol. The molecule has 2 aliphatic rings. The normalized spacial score (nSPS) is 28.4. The zero-order valence-corrected chi connectivity index (χ0v) is 13.6. The highest BCUT2D eigenvalue weighted by Gasteiger charge is 2.40. The lowest BCUT2D eigenvalue weighted by molar-refractivity contribution is -0.0894. The van der Waals surface area contributed by atoms with Crippen molar-refractivity contribution in [1.82, 2.24) is 5.32 Å². The van der Waals surface area contributed by atoms with Gasteiger partial charge in [-0.05, 0) is 44.4 Å². The van der Waals surface area contributed by atoms with Gasteiger partial charge in [0.05, 0.1) is 18.3 Å². The smallest absolute Gasteiger partial charge is 0.119 e. The summed E-state index contributed by atoms with van der Waals surface area (Å²) in [5, 5.41) is 3.67. The maximum atomic E-state index is 5.98. The van der Waals surface area contributed by atoms with Gasteiger partial charge in [0.1, 0.15) is 5.75 Å². The molecule has 2 heterocycles. The van der Waals surface area contributed by atoms with E-state index in [1.807, 2.05) is 26.0 Å². The Bertz CT molecular complexity index is 466. The SMILES string of the molecule is CC(C)Oc1ccc(CN[C@@H]2CCO[C@]3(CCOC3)C2)cc1. The summed E-state index contributed by atoms with van der Waals surface area (Å²) < 4.78 is 17.2. The lowest BCUT2D eigenvalue weighted by atomic mass is 9.89. The third-order valence-electron chi connectivity index (χ3n) is 4.45. The first-order valence-electron chi connectivity index (χ1n) is 8.36. The van der Waals surface area contributed by atoms with Gasteiger partial charge < -0.3 is 19.5 Å². The van der Waals surface area contributed by atoms with Gasteiger partial charge in [-0.1, -0.05) is 12.1 Å². The minimum Gasteiger partial charge on any atom is -0.491 e. The van der Waals surface area contributed by atoms with E-state index in [-0.39, 0.29) is 11.7 Å². The highest BCUT2D eigenvalue weighted by atomic mass is 16.6. The van der Waals surface area contributed by atoms with E-state index in [2.05, 4.69) is 17.4 Å². The lowest BCUT2D eigenvalue weighted by Gasteiger charge is -2.37. The van der Waals surface area contributed by atoms with Crippen LogP contribution in [0.15, 0.2) is 24.3 Å². The summed E-state index contributed by atoms with van der Waals surface area (Å²) >= 11 is 0. The van der Waals surface area contributed by atoms with E-state index in [0.29, 0.717) is 6.04 Å². The largest absolute Gasteiger partial charge is 0.491 e. The fraction of sp³-hybridized carbons (Fsp3) is 0.667. The van der Waals surface area contributed by atoms with Crippen molar-refractivity contribution in [2.75, 3.05) is 19.8 Å². The Morgan fingerprint density at radius 3 is 2.77 bits per heavy atom. The summed E-state index contributed by atoms with van der Waals surface area (Å²) in [5.74, 6) is 0.937. The molecule has 2 fully saturated rings. The van der Waals surface area contributed by atoms with Crippen LogP contribution >= 0.6 is 0 Å². The molecular weight excluding hydrogens is 278 g/mol. The van der Waals surface area contributed by atoms with Crippen LogP contribution in [0.4, 0.5) is 0 Å². The van der Waals surface area contributed by atoms with Gasteiger partial charge in [-0.15, -0.1) is 0 Å². The average Bonchev–Trinajstić information content (AvgIpc) is 2.94. The first-order valence-corrected chi connectivity index (χ1v) is 8.36. The number of nitrogens with one attached hydrogen (secondary N) is 1. The summed E-state index contributed by atoms with van der Waals surface area (Å²) in [6.07, 6.45) is 3.39.